The van der Waals surface area contributed by atoms with Gasteiger partial charge in [-0.1, -0.05) is 6.07 Å². The molecule has 0 heterocycles. The second-order valence-electron chi connectivity index (χ2n) is 3.94. The van der Waals surface area contributed by atoms with Crippen LogP contribution in [-0.4, -0.2) is 7.05 Å². The molecule has 0 aliphatic rings. The molecule has 0 bridgehead atoms. The molecule has 2 aromatic carbocycles. The van der Waals surface area contributed by atoms with Gasteiger partial charge in [-0.2, -0.15) is 4.39 Å². The van der Waals surface area contributed by atoms with Gasteiger partial charge in [-0.3, -0.25) is 0 Å². The van der Waals surface area contributed by atoms with Crippen LogP contribution in [0, 0.1) is 17.5 Å². The number of hydrogen-bond acceptors (Lipinski definition) is 2. The number of halogens is 3. The van der Waals surface area contributed by atoms with Gasteiger partial charge in [0.1, 0.15) is 11.6 Å². The lowest BCUT2D eigenvalue weighted by atomic mass is 10.2. The lowest BCUT2D eigenvalue weighted by molar-refractivity contribution is 0.411. The second-order valence-corrected chi connectivity index (χ2v) is 3.94. The molecule has 0 aliphatic heterocycles. The van der Waals surface area contributed by atoms with Gasteiger partial charge in [0.05, 0.1) is 0 Å². The molecule has 0 saturated heterocycles. The summed E-state index contributed by atoms with van der Waals surface area (Å²) in [5, 5.41) is 2.85. The van der Waals surface area contributed by atoms with Gasteiger partial charge >= 0.3 is 0 Å². The van der Waals surface area contributed by atoms with Crippen LogP contribution in [0.15, 0.2) is 36.4 Å². The Morgan fingerprint density at radius 2 is 1.84 bits per heavy atom. The van der Waals surface area contributed by atoms with Crippen molar-refractivity contribution in [3.8, 4) is 11.5 Å². The predicted molar refractivity (Wildman–Crippen MR) is 65.6 cm³/mol. The van der Waals surface area contributed by atoms with Crippen molar-refractivity contribution in [1.29, 1.82) is 0 Å². The number of nitrogens with one attached hydrogen (secondary N) is 1. The standard InChI is InChI=1S/C14H12F3NO/c1-18-8-9-7-10(15)5-6-12(9)19-13-4-2-3-11(16)14(13)17/h2-7,18H,8H2,1H3. The first-order chi connectivity index (χ1) is 9.11. The van der Waals surface area contributed by atoms with Crippen molar-refractivity contribution in [1.82, 2.24) is 5.32 Å². The van der Waals surface area contributed by atoms with E-state index in [0.29, 0.717) is 12.1 Å². The molecule has 0 unspecified atom stereocenters. The third-order valence-corrected chi connectivity index (χ3v) is 2.53. The Labute approximate surface area is 108 Å². The van der Waals surface area contributed by atoms with Crippen LogP contribution in [-0.2, 0) is 6.54 Å². The largest absolute Gasteiger partial charge is 0.454 e. The first-order valence-electron chi connectivity index (χ1n) is 5.66. The molecule has 2 aromatic rings. The van der Waals surface area contributed by atoms with Crippen LogP contribution < -0.4 is 10.1 Å². The van der Waals surface area contributed by atoms with Crippen LogP contribution in [0.5, 0.6) is 11.5 Å². The van der Waals surface area contributed by atoms with Crippen molar-refractivity contribution >= 4 is 0 Å². The normalized spacial score (nSPS) is 10.5. The molecule has 0 fully saturated rings. The molecule has 1 N–H and O–H groups in total. The van der Waals surface area contributed by atoms with Gasteiger partial charge in [0, 0.05) is 12.1 Å². The lowest BCUT2D eigenvalue weighted by Crippen LogP contribution is -2.07. The SMILES string of the molecule is CNCc1cc(F)ccc1Oc1cccc(F)c1F. The van der Waals surface area contributed by atoms with Gasteiger partial charge in [0.2, 0.25) is 5.82 Å². The Balaban J connectivity index is 2.35. The maximum Gasteiger partial charge on any atom is 0.201 e. The second kappa shape index (κ2) is 5.75. The number of hydrogen-bond donors (Lipinski definition) is 1. The lowest BCUT2D eigenvalue weighted by Gasteiger charge is -2.11. The summed E-state index contributed by atoms with van der Waals surface area (Å²) in [5.74, 6) is -2.43. The van der Waals surface area contributed by atoms with Crippen molar-refractivity contribution in [3.05, 3.63) is 59.4 Å². The third kappa shape index (κ3) is 3.06. The summed E-state index contributed by atoms with van der Waals surface area (Å²) < 4.78 is 45.0. The van der Waals surface area contributed by atoms with E-state index in [0.717, 1.165) is 6.07 Å². The van der Waals surface area contributed by atoms with Gasteiger partial charge in [-0.25, -0.2) is 8.78 Å². The summed E-state index contributed by atoms with van der Waals surface area (Å²) in [5.41, 5.74) is 0.520. The monoisotopic (exact) mass is 267 g/mol. The smallest absolute Gasteiger partial charge is 0.201 e. The first kappa shape index (κ1) is 13.4. The summed E-state index contributed by atoms with van der Waals surface area (Å²) in [6.07, 6.45) is 0. The summed E-state index contributed by atoms with van der Waals surface area (Å²) in [6, 6.07) is 7.52. The third-order valence-electron chi connectivity index (χ3n) is 2.53. The highest BCUT2D eigenvalue weighted by Crippen LogP contribution is 2.29. The first-order valence-corrected chi connectivity index (χ1v) is 5.66. The highest BCUT2D eigenvalue weighted by Gasteiger charge is 2.12. The molecule has 0 saturated carbocycles. The van der Waals surface area contributed by atoms with Crippen LogP contribution in [0.3, 0.4) is 0 Å². The number of benzene rings is 2. The van der Waals surface area contributed by atoms with Gasteiger partial charge in [0.25, 0.3) is 0 Å². The fourth-order valence-electron chi connectivity index (χ4n) is 1.66. The molecule has 19 heavy (non-hydrogen) atoms. The van der Waals surface area contributed by atoms with E-state index in [2.05, 4.69) is 5.32 Å². The van der Waals surface area contributed by atoms with E-state index in [4.69, 9.17) is 4.74 Å². The minimum atomic E-state index is -1.07. The average molecular weight is 267 g/mol. The molecule has 5 heteroatoms. The fourth-order valence-corrected chi connectivity index (χ4v) is 1.66. The molecule has 100 valence electrons. The molecule has 0 aromatic heterocycles. The topological polar surface area (TPSA) is 21.3 Å². The quantitative estimate of drug-likeness (QED) is 0.913. The van der Waals surface area contributed by atoms with Gasteiger partial charge in [-0.05, 0) is 37.4 Å². The van der Waals surface area contributed by atoms with Crippen LogP contribution >= 0.6 is 0 Å². The summed E-state index contributed by atoms with van der Waals surface area (Å²) in [7, 11) is 1.69. The maximum absolute atomic E-state index is 13.5. The molecular weight excluding hydrogens is 255 g/mol. The van der Waals surface area contributed by atoms with Crippen molar-refractivity contribution < 1.29 is 17.9 Å². The predicted octanol–water partition coefficient (Wildman–Crippen LogP) is 3.62. The summed E-state index contributed by atoms with van der Waals surface area (Å²) >= 11 is 0. The highest BCUT2D eigenvalue weighted by atomic mass is 19.2. The van der Waals surface area contributed by atoms with Crippen LogP contribution in [0.2, 0.25) is 0 Å². The molecule has 0 aliphatic carbocycles. The molecule has 2 nitrogen and oxygen atoms in total. The van der Waals surface area contributed by atoms with Gasteiger partial charge in [0.15, 0.2) is 11.6 Å². The van der Waals surface area contributed by atoms with E-state index >= 15 is 0 Å². The highest BCUT2D eigenvalue weighted by molar-refractivity contribution is 5.38. The van der Waals surface area contributed by atoms with Gasteiger partial charge in [-0.15, -0.1) is 0 Å². The van der Waals surface area contributed by atoms with E-state index in [1.54, 1.807) is 7.05 Å². The number of ether oxygens (including phenoxy) is 1. The Hall–Kier alpha value is -2.01. The maximum atomic E-state index is 13.5. The molecule has 0 atom stereocenters. The Bertz CT molecular complexity index is 587. The minimum absolute atomic E-state index is 0.232. The molecular formula is C14H12F3NO. The Morgan fingerprint density at radius 3 is 2.58 bits per heavy atom. The zero-order chi connectivity index (χ0) is 13.8. The van der Waals surface area contributed by atoms with Gasteiger partial charge < -0.3 is 10.1 Å². The minimum Gasteiger partial charge on any atom is -0.454 e. The molecule has 2 rings (SSSR count). The van der Waals surface area contributed by atoms with Crippen molar-refractivity contribution in [2.75, 3.05) is 7.05 Å². The van der Waals surface area contributed by atoms with Crippen LogP contribution in [0.25, 0.3) is 0 Å². The fraction of sp³-hybridized carbons (Fsp3) is 0.143. The zero-order valence-corrected chi connectivity index (χ0v) is 10.2. The van der Waals surface area contributed by atoms with Crippen molar-refractivity contribution in [3.63, 3.8) is 0 Å². The van der Waals surface area contributed by atoms with Crippen LogP contribution in [0.4, 0.5) is 13.2 Å². The van der Waals surface area contributed by atoms with E-state index in [-0.39, 0.29) is 11.5 Å². The molecule has 0 amide bonds. The van der Waals surface area contributed by atoms with E-state index < -0.39 is 17.5 Å². The summed E-state index contributed by atoms with van der Waals surface area (Å²) in [4.78, 5) is 0. The van der Waals surface area contributed by atoms with E-state index in [1.165, 1.54) is 30.3 Å². The Kier molecular flexibility index (Phi) is 4.06. The Morgan fingerprint density at radius 1 is 1.05 bits per heavy atom. The van der Waals surface area contributed by atoms with Crippen molar-refractivity contribution in [2.45, 2.75) is 6.54 Å². The van der Waals surface area contributed by atoms with Crippen molar-refractivity contribution in [2.24, 2.45) is 0 Å². The van der Waals surface area contributed by atoms with Crippen LogP contribution in [0.1, 0.15) is 5.56 Å². The van der Waals surface area contributed by atoms with E-state index in [9.17, 15) is 13.2 Å². The molecule has 0 spiro atoms. The summed E-state index contributed by atoms with van der Waals surface area (Å²) in [6.45, 7) is 0.351. The number of rotatable bonds is 4. The van der Waals surface area contributed by atoms with E-state index in [1.807, 2.05) is 0 Å². The average Bonchev–Trinajstić information content (AvgIpc) is 2.38. The zero-order valence-electron chi connectivity index (χ0n) is 10.2. The molecule has 0 radical (unpaired) electrons.